The minimum Gasteiger partial charge on any atom is -0.365 e. The number of halogens is 1. The maximum Gasteiger partial charge on any atom is 0.214 e. The van der Waals surface area contributed by atoms with Gasteiger partial charge in [0, 0.05) is 24.5 Å². The predicted octanol–water partition coefficient (Wildman–Crippen LogP) is 0.949. The lowest BCUT2D eigenvalue weighted by atomic mass is 10.2. The molecule has 0 aliphatic carbocycles. The minimum absolute atomic E-state index is 0.435. The van der Waals surface area contributed by atoms with Crippen molar-refractivity contribution in [2.75, 3.05) is 24.6 Å². The number of hydrogen-bond donors (Lipinski definition) is 0. The van der Waals surface area contributed by atoms with Gasteiger partial charge in [-0.1, -0.05) is 0 Å². The minimum atomic E-state index is -0.507. The Morgan fingerprint density at radius 3 is 3.27 bits per heavy atom. The number of nitrogens with zero attached hydrogens (tertiary/aromatic N) is 3. The maximum absolute atomic E-state index is 12.9. The van der Waals surface area contributed by atoms with Gasteiger partial charge in [0.1, 0.15) is 0 Å². The Morgan fingerprint density at radius 2 is 2.53 bits per heavy atom. The monoisotopic (exact) mass is 207 g/mol. The fourth-order valence-corrected chi connectivity index (χ4v) is 1.55. The summed E-state index contributed by atoms with van der Waals surface area (Å²) < 4.78 is 18.1. The molecule has 2 rings (SSSR count). The highest BCUT2D eigenvalue weighted by Crippen LogP contribution is 2.17. The van der Waals surface area contributed by atoms with Gasteiger partial charge in [0.25, 0.3) is 0 Å². The molecule has 0 amide bonds. The summed E-state index contributed by atoms with van der Waals surface area (Å²) >= 11 is 0. The van der Waals surface area contributed by atoms with Gasteiger partial charge >= 0.3 is 0 Å². The van der Waals surface area contributed by atoms with Gasteiger partial charge in [-0.3, -0.25) is 0 Å². The predicted molar refractivity (Wildman–Crippen MR) is 51.8 cm³/mol. The third-order valence-corrected chi connectivity index (χ3v) is 2.29. The lowest BCUT2D eigenvalue weighted by Gasteiger charge is -2.31. The van der Waals surface area contributed by atoms with Crippen molar-refractivity contribution in [3.05, 3.63) is 24.3 Å². The Labute approximate surface area is 86.9 Å². The fourth-order valence-electron chi connectivity index (χ4n) is 1.55. The van der Waals surface area contributed by atoms with E-state index >= 15 is 0 Å². The smallest absolute Gasteiger partial charge is 0.214 e. The van der Waals surface area contributed by atoms with Crippen molar-refractivity contribution in [3.8, 4) is 6.07 Å². The van der Waals surface area contributed by atoms with E-state index in [0.29, 0.717) is 19.7 Å². The average Bonchev–Trinajstić information content (AvgIpc) is 2.29. The van der Waals surface area contributed by atoms with Gasteiger partial charge in [-0.15, -0.1) is 0 Å². The van der Waals surface area contributed by atoms with Crippen LogP contribution in [0.1, 0.15) is 0 Å². The van der Waals surface area contributed by atoms with Crippen LogP contribution in [0.25, 0.3) is 0 Å². The van der Waals surface area contributed by atoms with Gasteiger partial charge < -0.3 is 9.64 Å². The van der Waals surface area contributed by atoms with E-state index in [1.165, 1.54) is 12.3 Å². The molecule has 1 unspecified atom stereocenters. The number of hydrogen-bond acceptors (Lipinski definition) is 4. The van der Waals surface area contributed by atoms with Crippen molar-refractivity contribution < 1.29 is 9.13 Å². The molecule has 4 nitrogen and oxygen atoms in total. The SMILES string of the molecule is N#CC1CN(c2ccnc(F)c2)CCO1. The number of aromatic nitrogens is 1. The Morgan fingerprint density at radius 1 is 1.67 bits per heavy atom. The summed E-state index contributed by atoms with van der Waals surface area (Å²) in [4.78, 5) is 5.40. The van der Waals surface area contributed by atoms with Crippen molar-refractivity contribution in [3.63, 3.8) is 0 Å². The summed E-state index contributed by atoms with van der Waals surface area (Å²) in [5.74, 6) is -0.507. The van der Waals surface area contributed by atoms with Crippen LogP contribution in [0.15, 0.2) is 18.3 Å². The third kappa shape index (κ3) is 2.22. The molecule has 1 fully saturated rings. The summed E-state index contributed by atoms with van der Waals surface area (Å²) in [6, 6.07) is 5.13. The van der Waals surface area contributed by atoms with Crippen molar-refractivity contribution in [1.82, 2.24) is 4.98 Å². The first-order valence-corrected chi connectivity index (χ1v) is 4.67. The van der Waals surface area contributed by atoms with Crippen LogP contribution >= 0.6 is 0 Å². The Bertz CT molecular complexity index is 390. The lowest BCUT2D eigenvalue weighted by molar-refractivity contribution is 0.0764. The van der Waals surface area contributed by atoms with E-state index in [-0.39, 0.29) is 0 Å². The molecule has 0 bridgehead atoms. The molecule has 1 aliphatic heterocycles. The standard InChI is InChI=1S/C10H10FN3O/c11-10-5-8(1-2-13-10)14-3-4-15-9(6-12)7-14/h1-2,5,9H,3-4,7H2. The summed E-state index contributed by atoms with van der Waals surface area (Å²) in [5.41, 5.74) is 0.742. The zero-order valence-corrected chi connectivity index (χ0v) is 8.06. The molecular formula is C10H10FN3O. The topological polar surface area (TPSA) is 49.2 Å². The van der Waals surface area contributed by atoms with Crippen molar-refractivity contribution in [1.29, 1.82) is 5.26 Å². The third-order valence-electron chi connectivity index (χ3n) is 2.29. The van der Waals surface area contributed by atoms with E-state index in [1.54, 1.807) is 6.07 Å². The zero-order valence-electron chi connectivity index (χ0n) is 8.06. The first kappa shape index (κ1) is 9.87. The molecule has 2 heterocycles. The Kier molecular flexibility index (Phi) is 2.79. The molecule has 1 saturated heterocycles. The number of anilines is 1. The van der Waals surface area contributed by atoms with Crippen LogP contribution in [0, 0.1) is 17.3 Å². The highest BCUT2D eigenvalue weighted by molar-refractivity contribution is 5.45. The molecule has 1 atom stereocenters. The molecule has 5 heteroatoms. The van der Waals surface area contributed by atoms with Crippen molar-refractivity contribution >= 4 is 5.69 Å². The molecule has 0 saturated carbocycles. The molecule has 1 aromatic heterocycles. The second-order valence-corrected chi connectivity index (χ2v) is 3.27. The van der Waals surface area contributed by atoms with Gasteiger partial charge in [0.05, 0.1) is 19.2 Å². The van der Waals surface area contributed by atoms with Crippen molar-refractivity contribution in [2.45, 2.75) is 6.10 Å². The van der Waals surface area contributed by atoms with Crippen molar-refractivity contribution in [2.24, 2.45) is 0 Å². The molecule has 0 radical (unpaired) electrons. The molecule has 0 N–H and O–H groups in total. The van der Waals surface area contributed by atoms with Crippen LogP contribution in [-0.2, 0) is 4.74 Å². The van der Waals surface area contributed by atoms with Crippen LogP contribution < -0.4 is 4.90 Å². The first-order chi connectivity index (χ1) is 7.29. The second kappa shape index (κ2) is 4.24. The van der Waals surface area contributed by atoms with Crippen LogP contribution in [0.4, 0.5) is 10.1 Å². The summed E-state index contributed by atoms with van der Waals surface area (Å²) in [6.45, 7) is 1.63. The maximum atomic E-state index is 12.9. The quantitative estimate of drug-likeness (QED) is 0.643. The van der Waals surface area contributed by atoms with Gasteiger partial charge in [-0.25, -0.2) is 4.98 Å². The Hall–Kier alpha value is -1.67. The summed E-state index contributed by atoms with van der Waals surface area (Å²) in [6.07, 6.45) is 0.983. The van der Waals surface area contributed by atoms with E-state index in [4.69, 9.17) is 10.00 Å². The lowest BCUT2D eigenvalue weighted by Crippen LogP contribution is -2.41. The number of pyridine rings is 1. The molecule has 15 heavy (non-hydrogen) atoms. The number of nitriles is 1. The largest absolute Gasteiger partial charge is 0.365 e. The van der Waals surface area contributed by atoms with Gasteiger partial charge in [-0.05, 0) is 6.07 Å². The molecule has 0 aromatic carbocycles. The van der Waals surface area contributed by atoms with Crippen LogP contribution in [0.5, 0.6) is 0 Å². The fraction of sp³-hybridized carbons (Fsp3) is 0.400. The number of rotatable bonds is 1. The van der Waals surface area contributed by atoms with Crippen LogP contribution in [0.3, 0.4) is 0 Å². The Balaban J connectivity index is 2.14. The van der Waals surface area contributed by atoms with E-state index in [2.05, 4.69) is 4.98 Å². The molecule has 78 valence electrons. The molecule has 1 aliphatic rings. The van der Waals surface area contributed by atoms with Gasteiger partial charge in [0.15, 0.2) is 6.10 Å². The van der Waals surface area contributed by atoms with Crippen LogP contribution in [0.2, 0.25) is 0 Å². The number of morpholine rings is 1. The van der Waals surface area contributed by atoms with Crippen LogP contribution in [-0.4, -0.2) is 30.8 Å². The summed E-state index contributed by atoms with van der Waals surface area (Å²) in [5, 5.41) is 8.72. The average molecular weight is 207 g/mol. The van der Waals surface area contributed by atoms with E-state index in [1.807, 2.05) is 11.0 Å². The van der Waals surface area contributed by atoms with Gasteiger partial charge in [-0.2, -0.15) is 9.65 Å². The normalized spacial score (nSPS) is 21.1. The zero-order chi connectivity index (χ0) is 10.7. The van der Waals surface area contributed by atoms with Gasteiger partial charge in [0.2, 0.25) is 5.95 Å². The summed E-state index contributed by atoms with van der Waals surface area (Å²) in [7, 11) is 0. The van der Waals surface area contributed by atoms with E-state index in [0.717, 1.165) is 5.69 Å². The van der Waals surface area contributed by atoms with E-state index in [9.17, 15) is 4.39 Å². The highest BCUT2D eigenvalue weighted by atomic mass is 19.1. The molecule has 0 spiro atoms. The molecular weight excluding hydrogens is 197 g/mol. The van der Waals surface area contributed by atoms with E-state index < -0.39 is 12.1 Å². The molecule has 1 aromatic rings. The first-order valence-electron chi connectivity index (χ1n) is 4.67. The second-order valence-electron chi connectivity index (χ2n) is 3.27. The highest BCUT2D eigenvalue weighted by Gasteiger charge is 2.20. The number of ether oxygens (including phenoxy) is 1.